The van der Waals surface area contributed by atoms with Crippen molar-refractivity contribution in [2.24, 2.45) is 0 Å². The van der Waals surface area contributed by atoms with E-state index in [0.29, 0.717) is 12.1 Å². The van der Waals surface area contributed by atoms with Gasteiger partial charge in [0.1, 0.15) is 0 Å². The van der Waals surface area contributed by atoms with Crippen LogP contribution in [0.1, 0.15) is 21.7 Å². The van der Waals surface area contributed by atoms with Crippen molar-refractivity contribution in [1.82, 2.24) is 19.5 Å². The molecule has 0 aliphatic carbocycles. The average molecular weight is 268 g/mol. The molecule has 100 valence electrons. The van der Waals surface area contributed by atoms with Crippen molar-refractivity contribution in [3.8, 4) is 0 Å². The summed E-state index contributed by atoms with van der Waals surface area (Å²) in [4.78, 5) is 23.7. The standard InChI is InChI=1S/C14H12N4O2/c1-9-5-16-11(6-15-9)7-18-8-17-12-4-10(14(19)20)2-3-13(12)18/h2-6,8H,7H2,1H3,(H,19,20). The lowest BCUT2D eigenvalue weighted by atomic mass is 10.2. The number of benzene rings is 1. The Bertz CT molecular complexity index is 777. The Hall–Kier alpha value is -2.76. The first-order valence-corrected chi connectivity index (χ1v) is 6.09. The molecular formula is C14H12N4O2. The number of aromatic nitrogens is 4. The van der Waals surface area contributed by atoms with Crippen molar-refractivity contribution >= 4 is 17.0 Å². The quantitative estimate of drug-likeness (QED) is 0.784. The lowest BCUT2D eigenvalue weighted by Gasteiger charge is -2.04. The van der Waals surface area contributed by atoms with Crippen LogP contribution >= 0.6 is 0 Å². The maximum Gasteiger partial charge on any atom is 0.335 e. The molecule has 0 fully saturated rings. The second kappa shape index (κ2) is 4.73. The summed E-state index contributed by atoms with van der Waals surface area (Å²) in [7, 11) is 0. The lowest BCUT2D eigenvalue weighted by Crippen LogP contribution is -2.02. The minimum absolute atomic E-state index is 0.234. The van der Waals surface area contributed by atoms with Gasteiger partial charge in [0.25, 0.3) is 0 Å². The molecule has 0 radical (unpaired) electrons. The fourth-order valence-corrected chi connectivity index (χ4v) is 2.00. The van der Waals surface area contributed by atoms with E-state index in [-0.39, 0.29) is 5.56 Å². The molecule has 0 saturated heterocycles. The molecule has 0 saturated carbocycles. The van der Waals surface area contributed by atoms with Crippen molar-refractivity contribution in [2.75, 3.05) is 0 Å². The predicted molar refractivity (Wildman–Crippen MR) is 72.6 cm³/mol. The van der Waals surface area contributed by atoms with Gasteiger partial charge in [-0.05, 0) is 25.1 Å². The van der Waals surface area contributed by atoms with Crippen molar-refractivity contribution in [1.29, 1.82) is 0 Å². The number of aryl methyl sites for hydroxylation is 1. The van der Waals surface area contributed by atoms with Gasteiger partial charge in [0, 0.05) is 6.20 Å². The van der Waals surface area contributed by atoms with Gasteiger partial charge in [-0.1, -0.05) is 0 Å². The first-order chi connectivity index (χ1) is 9.63. The Labute approximate surface area is 114 Å². The molecule has 0 spiro atoms. The second-order valence-electron chi connectivity index (χ2n) is 4.53. The first-order valence-electron chi connectivity index (χ1n) is 6.09. The number of rotatable bonds is 3. The van der Waals surface area contributed by atoms with Crippen molar-refractivity contribution in [2.45, 2.75) is 13.5 Å². The Kier molecular flexibility index (Phi) is 2.90. The van der Waals surface area contributed by atoms with Crippen LogP contribution in [0.3, 0.4) is 0 Å². The number of hydrogen-bond acceptors (Lipinski definition) is 4. The van der Waals surface area contributed by atoms with E-state index < -0.39 is 5.97 Å². The Morgan fingerprint density at radius 3 is 2.80 bits per heavy atom. The highest BCUT2D eigenvalue weighted by atomic mass is 16.4. The smallest absolute Gasteiger partial charge is 0.335 e. The Morgan fingerprint density at radius 1 is 1.25 bits per heavy atom. The SMILES string of the molecule is Cc1cnc(Cn2cnc3cc(C(=O)O)ccc32)cn1. The van der Waals surface area contributed by atoms with E-state index in [1.807, 2.05) is 11.5 Å². The third-order valence-electron chi connectivity index (χ3n) is 3.03. The Morgan fingerprint density at radius 2 is 2.10 bits per heavy atom. The maximum atomic E-state index is 10.9. The third kappa shape index (κ3) is 2.23. The number of carbonyl (C=O) groups is 1. The highest BCUT2D eigenvalue weighted by Gasteiger charge is 2.08. The zero-order valence-electron chi connectivity index (χ0n) is 10.8. The summed E-state index contributed by atoms with van der Waals surface area (Å²) in [5.74, 6) is -0.953. The minimum atomic E-state index is -0.953. The van der Waals surface area contributed by atoms with Gasteiger partial charge in [0.15, 0.2) is 0 Å². The van der Waals surface area contributed by atoms with Gasteiger partial charge in [-0.15, -0.1) is 0 Å². The molecule has 2 aromatic heterocycles. The van der Waals surface area contributed by atoms with Gasteiger partial charge in [-0.3, -0.25) is 9.97 Å². The molecule has 1 N–H and O–H groups in total. The van der Waals surface area contributed by atoms with E-state index in [4.69, 9.17) is 5.11 Å². The van der Waals surface area contributed by atoms with E-state index in [9.17, 15) is 4.79 Å². The monoisotopic (exact) mass is 268 g/mol. The molecule has 0 aliphatic heterocycles. The van der Waals surface area contributed by atoms with E-state index in [1.165, 1.54) is 0 Å². The molecule has 0 amide bonds. The highest BCUT2D eigenvalue weighted by Crippen LogP contribution is 2.16. The summed E-state index contributed by atoms with van der Waals surface area (Å²) in [6.07, 6.45) is 5.13. The number of carboxylic acids is 1. The van der Waals surface area contributed by atoms with Crippen LogP contribution in [-0.2, 0) is 6.54 Å². The predicted octanol–water partition coefficient (Wildman–Crippen LogP) is 1.88. The Balaban J connectivity index is 1.96. The number of imidazole rings is 1. The zero-order valence-corrected chi connectivity index (χ0v) is 10.8. The number of carboxylic acid groups (broad SMARTS) is 1. The fourth-order valence-electron chi connectivity index (χ4n) is 2.00. The topological polar surface area (TPSA) is 80.9 Å². The molecule has 2 heterocycles. The van der Waals surface area contributed by atoms with Gasteiger partial charge >= 0.3 is 5.97 Å². The summed E-state index contributed by atoms with van der Waals surface area (Å²) in [5, 5.41) is 8.96. The third-order valence-corrected chi connectivity index (χ3v) is 3.03. The van der Waals surface area contributed by atoms with E-state index in [1.54, 1.807) is 36.9 Å². The molecule has 6 heteroatoms. The fraction of sp³-hybridized carbons (Fsp3) is 0.143. The maximum absolute atomic E-state index is 10.9. The van der Waals surface area contributed by atoms with Crippen LogP contribution in [0, 0.1) is 6.92 Å². The molecule has 0 atom stereocenters. The normalized spacial score (nSPS) is 10.8. The molecule has 20 heavy (non-hydrogen) atoms. The molecule has 1 aromatic carbocycles. The number of aromatic carboxylic acids is 1. The first kappa shape index (κ1) is 12.3. The van der Waals surface area contributed by atoms with Crippen LogP contribution in [-0.4, -0.2) is 30.6 Å². The van der Waals surface area contributed by atoms with Crippen molar-refractivity contribution in [3.63, 3.8) is 0 Å². The van der Waals surface area contributed by atoms with E-state index in [2.05, 4.69) is 15.0 Å². The average Bonchev–Trinajstić information content (AvgIpc) is 2.84. The van der Waals surface area contributed by atoms with Gasteiger partial charge in [0.05, 0.1) is 47.1 Å². The van der Waals surface area contributed by atoms with Gasteiger partial charge in [-0.2, -0.15) is 0 Å². The summed E-state index contributed by atoms with van der Waals surface area (Å²) < 4.78 is 1.92. The van der Waals surface area contributed by atoms with Crippen molar-refractivity contribution < 1.29 is 9.90 Å². The van der Waals surface area contributed by atoms with Crippen LogP contribution in [0.2, 0.25) is 0 Å². The van der Waals surface area contributed by atoms with Gasteiger partial charge in [0.2, 0.25) is 0 Å². The lowest BCUT2D eigenvalue weighted by molar-refractivity contribution is 0.0697. The van der Waals surface area contributed by atoms with Crippen LogP contribution in [0.4, 0.5) is 0 Å². The summed E-state index contributed by atoms with van der Waals surface area (Å²) in [5.41, 5.74) is 3.47. The van der Waals surface area contributed by atoms with Crippen LogP contribution in [0.15, 0.2) is 36.9 Å². The van der Waals surface area contributed by atoms with E-state index in [0.717, 1.165) is 16.9 Å². The summed E-state index contributed by atoms with van der Waals surface area (Å²) in [6.45, 7) is 2.44. The number of fused-ring (bicyclic) bond motifs is 1. The number of nitrogens with zero attached hydrogens (tertiary/aromatic N) is 4. The highest BCUT2D eigenvalue weighted by molar-refractivity contribution is 5.92. The van der Waals surface area contributed by atoms with Crippen LogP contribution < -0.4 is 0 Å². The van der Waals surface area contributed by atoms with Gasteiger partial charge in [-0.25, -0.2) is 9.78 Å². The summed E-state index contributed by atoms with van der Waals surface area (Å²) in [6, 6.07) is 4.89. The number of hydrogen-bond donors (Lipinski definition) is 1. The van der Waals surface area contributed by atoms with Crippen LogP contribution in [0.5, 0.6) is 0 Å². The molecule has 0 bridgehead atoms. The zero-order chi connectivity index (χ0) is 14.1. The molecule has 3 rings (SSSR count). The second-order valence-corrected chi connectivity index (χ2v) is 4.53. The van der Waals surface area contributed by atoms with Gasteiger partial charge < -0.3 is 9.67 Å². The largest absolute Gasteiger partial charge is 0.478 e. The van der Waals surface area contributed by atoms with Crippen molar-refractivity contribution in [3.05, 3.63) is 53.9 Å². The molecule has 0 unspecified atom stereocenters. The molecule has 0 aliphatic rings. The van der Waals surface area contributed by atoms with Crippen LogP contribution in [0.25, 0.3) is 11.0 Å². The molecule has 6 nitrogen and oxygen atoms in total. The minimum Gasteiger partial charge on any atom is -0.478 e. The summed E-state index contributed by atoms with van der Waals surface area (Å²) >= 11 is 0. The molecule has 3 aromatic rings. The van der Waals surface area contributed by atoms with E-state index >= 15 is 0 Å². The molecular weight excluding hydrogens is 256 g/mol.